The Balaban J connectivity index is 1.11. The zero-order valence-electron chi connectivity index (χ0n) is 30.8. The molecule has 4 aromatic heterocycles. The molecular formula is C38H44N12O4. The molecule has 0 bridgehead atoms. The predicted molar refractivity (Wildman–Crippen MR) is 203 cm³/mol. The predicted octanol–water partition coefficient (Wildman–Crippen LogP) is 4.64. The fraction of sp³-hybridized carbons (Fsp3) is 0.368. The Kier molecular flexibility index (Phi) is 9.75. The lowest BCUT2D eigenvalue weighted by Crippen LogP contribution is -2.25. The first-order valence-corrected chi connectivity index (χ1v) is 18.2. The van der Waals surface area contributed by atoms with E-state index in [4.69, 9.17) is 21.4 Å². The summed E-state index contributed by atoms with van der Waals surface area (Å²) in [7, 11) is 0. The van der Waals surface area contributed by atoms with Gasteiger partial charge in [-0.1, -0.05) is 0 Å². The maximum Gasteiger partial charge on any atom is 0.276 e. The van der Waals surface area contributed by atoms with Gasteiger partial charge in [0, 0.05) is 37.3 Å². The van der Waals surface area contributed by atoms with Gasteiger partial charge in [-0.15, -0.1) is 0 Å². The molecule has 0 radical (unpaired) electrons. The number of rotatable bonds is 12. The van der Waals surface area contributed by atoms with E-state index in [9.17, 15) is 19.2 Å². The third-order valence-corrected chi connectivity index (χ3v) is 10.2. The second-order valence-electron chi connectivity index (χ2n) is 14.0. The van der Waals surface area contributed by atoms with Crippen LogP contribution in [0.1, 0.15) is 92.6 Å². The van der Waals surface area contributed by atoms with E-state index in [1.807, 2.05) is 49.0 Å². The average molecular weight is 733 g/mol. The Hall–Kier alpha value is -6.32. The highest BCUT2D eigenvalue weighted by atomic mass is 16.2. The minimum Gasteiger partial charge on any atom is -0.366 e. The highest BCUT2D eigenvalue weighted by Gasteiger charge is 2.27. The molecule has 2 aromatic carbocycles. The first kappa shape index (κ1) is 36.1. The lowest BCUT2D eigenvalue weighted by Gasteiger charge is -2.30. The number of imidazole rings is 2. The van der Waals surface area contributed by atoms with Gasteiger partial charge in [-0.3, -0.25) is 39.2 Å². The van der Waals surface area contributed by atoms with Crippen molar-refractivity contribution in [1.29, 1.82) is 0 Å². The van der Waals surface area contributed by atoms with Crippen molar-refractivity contribution in [3.05, 3.63) is 82.4 Å². The summed E-state index contributed by atoms with van der Waals surface area (Å²) < 4.78 is 7.34. The Labute approximate surface area is 310 Å². The number of carbonyl (C=O) groups is 4. The van der Waals surface area contributed by atoms with E-state index in [2.05, 4.69) is 20.8 Å². The quantitative estimate of drug-likeness (QED) is 0.139. The van der Waals surface area contributed by atoms with Gasteiger partial charge in [0.15, 0.2) is 0 Å². The Morgan fingerprint density at radius 1 is 0.648 bits per heavy atom. The number of hydrogen-bond donors (Lipinski definition) is 4. The summed E-state index contributed by atoms with van der Waals surface area (Å²) >= 11 is 0. The van der Waals surface area contributed by atoms with Gasteiger partial charge in [0.2, 0.25) is 23.7 Å². The van der Waals surface area contributed by atoms with E-state index in [-0.39, 0.29) is 23.7 Å². The van der Waals surface area contributed by atoms with Crippen molar-refractivity contribution in [2.45, 2.75) is 79.6 Å². The molecular weight excluding hydrogens is 688 g/mol. The molecule has 0 unspecified atom stereocenters. The van der Waals surface area contributed by atoms with Crippen molar-refractivity contribution < 1.29 is 19.2 Å². The lowest BCUT2D eigenvalue weighted by atomic mass is 9.82. The van der Waals surface area contributed by atoms with Crippen LogP contribution in [0.3, 0.4) is 0 Å². The molecule has 1 fully saturated rings. The zero-order valence-corrected chi connectivity index (χ0v) is 30.8. The largest absolute Gasteiger partial charge is 0.366 e. The molecule has 1 aliphatic rings. The van der Waals surface area contributed by atoms with Crippen LogP contribution in [0.25, 0.3) is 22.1 Å². The standard InChI is InChI=1S/C38H44N12O4/c1-5-49-31(15-21(3)45-49)35(53)43-37-41-27-17-25(33(39)51)11-13-29(27)47(37)19-23-7-9-24(10-8-23)20-48-30-14-12-26(34(40)52)18-28(30)42-38(48)44-36(54)32-16-22(4)46-50(32)6-2/h11-18,23-24H,5-10,19-20H2,1-4H3,(H2,39,51)(H2,40,52)(H,41,43,53)(H,42,44,54). The smallest absolute Gasteiger partial charge is 0.276 e. The van der Waals surface area contributed by atoms with Crippen LogP contribution in [0.15, 0.2) is 48.5 Å². The maximum atomic E-state index is 13.5. The average Bonchev–Trinajstić information content (AvgIpc) is 3.91. The van der Waals surface area contributed by atoms with Crippen LogP contribution in [0, 0.1) is 25.7 Å². The molecule has 4 amide bonds. The monoisotopic (exact) mass is 732 g/mol. The molecule has 16 nitrogen and oxygen atoms in total. The topological polar surface area (TPSA) is 216 Å². The van der Waals surface area contributed by atoms with Crippen molar-refractivity contribution in [2.75, 3.05) is 10.6 Å². The number of fused-ring (bicyclic) bond motifs is 2. The van der Waals surface area contributed by atoms with Gasteiger partial charge in [-0.25, -0.2) is 9.97 Å². The number of carbonyl (C=O) groups excluding carboxylic acids is 4. The number of aromatic nitrogens is 8. The number of anilines is 2. The molecule has 16 heteroatoms. The Bertz CT molecular complexity index is 2260. The van der Waals surface area contributed by atoms with Crippen LogP contribution in [0.4, 0.5) is 11.9 Å². The number of hydrogen-bond acceptors (Lipinski definition) is 8. The molecule has 4 heterocycles. The van der Waals surface area contributed by atoms with Gasteiger partial charge >= 0.3 is 0 Å². The van der Waals surface area contributed by atoms with Crippen molar-refractivity contribution in [3.63, 3.8) is 0 Å². The van der Waals surface area contributed by atoms with E-state index in [0.717, 1.165) is 48.1 Å². The third-order valence-electron chi connectivity index (χ3n) is 10.2. The fourth-order valence-electron chi connectivity index (χ4n) is 7.51. The Morgan fingerprint density at radius 2 is 1.04 bits per heavy atom. The van der Waals surface area contributed by atoms with Gasteiger partial charge in [0.25, 0.3) is 11.8 Å². The number of primary amides is 2. The van der Waals surface area contributed by atoms with Crippen LogP contribution in [0.5, 0.6) is 0 Å². The second kappa shape index (κ2) is 14.6. The minimum atomic E-state index is -0.554. The molecule has 1 saturated carbocycles. The first-order chi connectivity index (χ1) is 25.9. The number of nitrogens with zero attached hydrogens (tertiary/aromatic N) is 8. The van der Waals surface area contributed by atoms with Crippen LogP contribution in [-0.4, -0.2) is 62.3 Å². The summed E-state index contributed by atoms with van der Waals surface area (Å²) in [6, 6.07) is 13.8. The molecule has 6 aromatic rings. The minimum absolute atomic E-state index is 0.280. The summed E-state index contributed by atoms with van der Waals surface area (Å²) in [5.41, 5.74) is 16.9. The van der Waals surface area contributed by atoms with Gasteiger partial charge in [0.05, 0.1) is 33.5 Å². The number of aryl methyl sites for hydroxylation is 4. The van der Waals surface area contributed by atoms with E-state index in [1.54, 1.807) is 45.8 Å². The molecule has 280 valence electrons. The lowest BCUT2D eigenvalue weighted by molar-refractivity contribution is 0.0992. The van der Waals surface area contributed by atoms with Crippen molar-refractivity contribution >= 4 is 57.6 Å². The summed E-state index contributed by atoms with van der Waals surface area (Å²) in [5.74, 6) is -0.406. The van der Waals surface area contributed by atoms with Crippen molar-refractivity contribution in [1.82, 2.24) is 38.7 Å². The van der Waals surface area contributed by atoms with Gasteiger partial charge in [0.1, 0.15) is 11.4 Å². The SMILES string of the molecule is CCn1nc(C)cc1C(=O)Nc1nc2cc(C(N)=O)ccc2n1CC1CCC(Cn2c(NC(=O)c3cc(C)nn3CC)nc3cc(C(N)=O)ccc32)CC1. The van der Waals surface area contributed by atoms with E-state index in [1.165, 1.54) is 0 Å². The highest BCUT2D eigenvalue weighted by molar-refractivity contribution is 6.04. The van der Waals surface area contributed by atoms with E-state index in [0.29, 0.717) is 71.6 Å². The number of amides is 4. The number of benzene rings is 2. The molecule has 7 rings (SSSR count). The molecule has 0 saturated heterocycles. The van der Waals surface area contributed by atoms with E-state index < -0.39 is 11.8 Å². The van der Waals surface area contributed by atoms with Crippen LogP contribution in [-0.2, 0) is 26.2 Å². The molecule has 1 aliphatic carbocycles. The van der Waals surface area contributed by atoms with Gasteiger partial charge in [-0.05, 0) is 114 Å². The van der Waals surface area contributed by atoms with Crippen LogP contribution < -0.4 is 22.1 Å². The summed E-state index contributed by atoms with van der Waals surface area (Å²) in [5, 5.41) is 14.8. The van der Waals surface area contributed by atoms with Crippen molar-refractivity contribution in [3.8, 4) is 0 Å². The number of nitrogens with two attached hydrogens (primary N) is 2. The van der Waals surface area contributed by atoms with Gasteiger partial charge < -0.3 is 20.6 Å². The zero-order chi connectivity index (χ0) is 38.3. The highest BCUT2D eigenvalue weighted by Crippen LogP contribution is 2.35. The summed E-state index contributed by atoms with van der Waals surface area (Å²) in [4.78, 5) is 60.4. The Morgan fingerprint density at radius 3 is 1.39 bits per heavy atom. The van der Waals surface area contributed by atoms with Crippen LogP contribution >= 0.6 is 0 Å². The molecule has 54 heavy (non-hydrogen) atoms. The second-order valence-corrected chi connectivity index (χ2v) is 14.0. The van der Waals surface area contributed by atoms with Gasteiger partial charge in [-0.2, -0.15) is 10.2 Å². The van der Waals surface area contributed by atoms with E-state index >= 15 is 0 Å². The maximum absolute atomic E-state index is 13.5. The first-order valence-electron chi connectivity index (χ1n) is 18.2. The van der Waals surface area contributed by atoms with Crippen LogP contribution in [0.2, 0.25) is 0 Å². The summed E-state index contributed by atoms with van der Waals surface area (Å²) in [6.45, 7) is 9.84. The molecule has 0 atom stereocenters. The number of nitrogens with one attached hydrogen (secondary N) is 2. The third kappa shape index (κ3) is 7.06. The summed E-state index contributed by atoms with van der Waals surface area (Å²) in [6.07, 6.45) is 3.64. The van der Waals surface area contributed by atoms with Crippen molar-refractivity contribution in [2.24, 2.45) is 23.3 Å². The molecule has 6 N–H and O–H groups in total. The molecule has 0 spiro atoms. The fourth-order valence-corrected chi connectivity index (χ4v) is 7.51. The molecule has 0 aliphatic heterocycles. The normalized spacial score (nSPS) is 15.9.